The molecule has 0 radical (unpaired) electrons. The Morgan fingerprint density at radius 1 is 0.903 bits per heavy atom. The van der Waals surface area contributed by atoms with Crippen LogP contribution in [0.3, 0.4) is 0 Å². The Labute approximate surface area is 183 Å². The summed E-state index contributed by atoms with van der Waals surface area (Å²) in [7, 11) is 1.60. The van der Waals surface area contributed by atoms with Gasteiger partial charge in [-0.15, -0.1) is 0 Å². The van der Waals surface area contributed by atoms with E-state index in [1.165, 1.54) is 4.90 Å². The lowest BCUT2D eigenvalue weighted by Crippen LogP contribution is -2.37. The summed E-state index contributed by atoms with van der Waals surface area (Å²) in [4.78, 5) is 26.4. The van der Waals surface area contributed by atoms with Gasteiger partial charge < -0.3 is 15.0 Å². The van der Waals surface area contributed by atoms with Crippen molar-refractivity contribution in [2.45, 2.75) is 20.8 Å². The molecule has 5 nitrogen and oxygen atoms in total. The largest absolute Gasteiger partial charge is 0.483 e. The minimum atomic E-state index is -0.268. The van der Waals surface area contributed by atoms with Crippen molar-refractivity contribution in [1.29, 1.82) is 0 Å². The molecule has 5 heteroatoms. The van der Waals surface area contributed by atoms with E-state index in [9.17, 15) is 9.59 Å². The zero-order chi connectivity index (χ0) is 22.4. The van der Waals surface area contributed by atoms with Crippen molar-refractivity contribution < 1.29 is 14.3 Å². The number of rotatable bonds is 7. The lowest BCUT2D eigenvalue weighted by atomic mass is 10.1. The molecule has 0 unspecified atom stereocenters. The second-order valence-electron chi connectivity index (χ2n) is 7.72. The third kappa shape index (κ3) is 5.72. The summed E-state index contributed by atoms with van der Waals surface area (Å²) < 4.78 is 5.80. The average molecular weight is 417 g/mol. The first-order valence-electron chi connectivity index (χ1n) is 10.2. The van der Waals surface area contributed by atoms with E-state index in [1.54, 1.807) is 7.05 Å². The quantitative estimate of drug-likeness (QED) is 0.604. The molecule has 31 heavy (non-hydrogen) atoms. The summed E-state index contributed by atoms with van der Waals surface area (Å²) in [6.45, 7) is 5.75. The van der Waals surface area contributed by atoms with Gasteiger partial charge >= 0.3 is 0 Å². The van der Waals surface area contributed by atoms with Gasteiger partial charge in [0.2, 0.25) is 5.91 Å². The Morgan fingerprint density at radius 2 is 1.52 bits per heavy atom. The normalized spacial score (nSPS) is 10.5. The highest BCUT2D eigenvalue weighted by atomic mass is 16.5. The van der Waals surface area contributed by atoms with Crippen LogP contribution in [0, 0.1) is 20.8 Å². The molecule has 3 aromatic rings. The van der Waals surface area contributed by atoms with Crippen LogP contribution >= 0.6 is 0 Å². The van der Waals surface area contributed by atoms with Crippen LogP contribution in [-0.4, -0.2) is 36.9 Å². The van der Waals surface area contributed by atoms with Crippen molar-refractivity contribution in [2.75, 3.05) is 25.5 Å². The van der Waals surface area contributed by atoms with E-state index in [0.29, 0.717) is 5.75 Å². The average Bonchev–Trinajstić information content (AvgIpc) is 2.75. The van der Waals surface area contributed by atoms with Gasteiger partial charge in [-0.3, -0.25) is 9.59 Å². The number of nitrogens with zero attached hydrogens (tertiary/aromatic N) is 1. The summed E-state index contributed by atoms with van der Waals surface area (Å²) >= 11 is 0. The van der Waals surface area contributed by atoms with Crippen LogP contribution in [-0.2, 0) is 9.59 Å². The maximum Gasteiger partial charge on any atom is 0.260 e. The molecule has 0 saturated heterocycles. The highest BCUT2D eigenvalue weighted by Crippen LogP contribution is 2.29. The molecule has 0 fully saturated rings. The standard InChI is InChI=1S/C26H28N2O3/c1-18-14-19(2)26(20(3)15-18)27-24(29)16-28(4)25(30)17-31-23-13-9-8-12-22(23)21-10-6-5-7-11-21/h5-15H,16-17H2,1-4H3,(H,27,29). The molecular weight excluding hydrogens is 388 g/mol. The number of anilines is 1. The van der Waals surface area contributed by atoms with Gasteiger partial charge in [0.25, 0.3) is 5.91 Å². The Bertz CT molecular complexity index is 1050. The number of hydrogen-bond acceptors (Lipinski definition) is 3. The maximum absolute atomic E-state index is 12.6. The number of amides is 2. The van der Waals surface area contributed by atoms with Gasteiger partial charge in [-0.05, 0) is 43.5 Å². The summed E-state index contributed by atoms with van der Waals surface area (Å²) in [5.41, 5.74) is 5.88. The van der Waals surface area contributed by atoms with Crippen molar-refractivity contribution in [3.05, 3.63) is 83.4 Å². The number of ether oxygens (including phenoxy) is 1. The Kier molecular flexibility index (Phi) is 7.08. The van der Waals surface area contributed by atoms with E-state index in [-0.39, 0.29) is 25.0 Å². The van der Waals surface area contributed by atoms with E-state index in [0.717, 1.165) is 33.5 Å². The van der Waals surface area contributed by atoms with Crippen LogP contribution in [0.25, 0.3) is 11.1 Å². The number of likely N-dealkylation sites (N-methyl/N-ethyl adjacent to an activating group) is 1. The number of para-hydroxylation sites is 1. The van der Waals surface area contributed by atoms with Crippen LogP contribution in [0.15, 0.2) is 66.7 Å². The van der Waals surface area contributed by atoms with E-state index in [1.807, 2.05) is 87.5 Å². The first kappa shape index (κ1) is 22.1. The number of carbonyl (C=O) groups excluding carboxylic acids is 2. The number of hydrogen-bond donors (Lipinski definition) is 1. The molecule has 0 aliphatic rings. The van der Waals surface area contributed by atoms with E-state index < -0.39 is 0 Å². The number of carbonyl (C=O) groups is 2. The number of nitrogens with one attached hydrogen (secondary N) is 1. The van der Waals surface area contributed by atoms with Crippen molar-refractivity contribution in [2.24, 2.45) is 0 Å². The van der Waals surface area contributed by atoms with Gasteiger partial charge in [0.15, 0.2) is 6.61 Å². The molecule has 0 aliphatic heterocycles. The van der Waals surface area contributed by atoms with Crippen LogP contribution in [0.2, 0.25) is 0 Å². The zero-order valence-electron chi connectivity index (χ0n) is 18.4. The molecule has 0 bridgehead atoms. The van der Waals surface area contributed by atoms with Crippen molar-refractivity contribution in [3.8, 4) is 16.9 Å². The molecule has 0 aromatic heterocycles. The molecule has 0 aliphatic carbocycles. The van der Waals surface area contributed by atoms with Crippen LogP contribution < -0.4 is 10.1 Å². The Morgan fingerprint density at radius 3 is 2.19 bits per heavy atom. The van der Waals surface area contributed by atoms with Crippen LogP contribution in [0.5, 0.6) is 5.75 Å². The monoisotopic (exact) mass is 416 g/mol. The van der Waals surface area contributed by atoms with E-state index >= 15 is 0 Å². The fourth-order valence-electron chi connectivity index (χ4n) is 3.56. The van der Waals surface area contributed by atoms with Gasteiger partial charge in [0.1, 0.15) is 5.75 Å². The molecule has 3 rings (SSSR count). The highest BCUT2D eigenvalue weighted by molar-refractivity contribution is 5.96. The smallest absolute Gasteiger partial charge is 0.260 e. The van der Waals surface area contributed by atoms with Gasteiger partial charge in [0, 0.05) is 18.3 Å². The molecular formula is C26H28N2O3. The summed E-state index contributed by atoms with van der Waals surface area (Å²) in [6.07, 6.45) is 0. The molecule has 0 saturated carbocycles. The maximum atomic E-state index is 12.6. The second-order valence-corrected chi connectivity index (χ2v) is 7.72. The minimum Gasteiger partial charge on any atom is -0.483 e. The third-order valence-electron chi connectivity index (χ3n) is 5.07. The summed E-state index contributed by atoms with van der Waals surface area (Å²) in [5.74, 6) is 0.122. The summed E-state index contributed by atoms with van der Waals surface area (Å²) in [6, 6.07) is 21.5. The Hall–Kier alpha value is -3.60. The number of benzene rings is 3. The van der Waals surface area contributed by atoms with Gasteiger partial charge in [-0.2, -0.15) is 0 Å². The predicted octanol–water partition coefficient (Wildman–Crippen LogP) is 4.75. The van der Waals surface area contributed by atoms with Crippen molar-refractivity contribution in [3.63, 3.8) is 0 Å². The molecule has 3 aromatic carbocycles. The SMILES string of the molecule is Cc1cc(C)c(NC(=O)CN(C)C(=O)COc2ccccc2-c2ccccc2)c(C)c1. The highest BCUT2D eigenvalue weighted by Gasteiger charge is 2.16. The number of aryl methyl sites for hydroxylation is 3. The Balaban J connectivity index is 1.59. The van der Waals surface area contributed by atoms with Gasteiger partial charge in [-0.25, -0.2) is 0 Å². The van der Waals surface area contributed by atoms with E-state index in [2.05, 4.69) is 5.32 Å². The first-order valence-corrected chi connectivity index (χ1v) is 10.2. The topological polar surface area (TPSA) is 58.6 Å². The molecule has 2 amide bonds. The second kappa shape index (κ2) is 9.94. The van der Waals surface area contributed by atoms with Crippen LogP contribution in [0.4, 0.5) is 5.69 Å². The molecule has 0 atom stereocenters. The minimum absolute atomic E-state index is 0.0463. The lowest BCUT2D eigenvalue weighted by Gasteiger charge is -2.19. The van der Waals surface area contributed by atoms with Crippen LogP contribution in [0.1, 0.15) is 16.7 Å². The van der Waals surface area contributed by atoms with Crippen molar-refractivity contribution >= 4 is 17.5 Å². The van der Waals surface area contributed by atoms with Gasteiger partial charge in [0.05, 0.1) is 6.54 Å². The zero-order valence-corrected chi connectivity index (χ0v) is 18.4. The molecule has 0 heterocycles. The third-order valence-corrected chi connectivity index (χ3v) is 5.07. The fourth-order valence-corrected chi connectivity index (χ4v) is 3.56. The van der Waals surface area contributed by atoms with E-state index in [4.69, 9.17) is 4.74 Å². The summed E-state index contributed by atoms with van der Waals surface area (Å²) in [5, 5.41) is 2.92. The fraction of sp³-hybridized carbons (Fsp3) is 0.231. The van der Waals surface area contributed by atoms with Crippen molar-refractivity contribution in [1.82, 2.24) is 4.90 Å². The molecule has 0 spiro atoms. The lowest BCUT2D eigenvalue weighted by molar-refractivity contribution is -0.135. The first-order chi connectivity index (χ1) is 14.8. The predicted molar refractivity (Wildman–Crippen MR) is 124 cm³/mol. The molecule has 1 N–H and O–H groups in total. The molecule has 160 valence electrons. The van der Waals surface area contributed by atoms with Gasteiger partial charge in [-0.1, -0.05) is 66.2 Å².